The molecule has 3 rings (SSSR count). The number of nitrogens with zero attached hydrogens (tertiary/aromatic N) is 4. The van der Waals surface area contributed by atoms with Gasteiger partial charge < -0.3 is 14.7 Å². The predicted molar refractivity (Wildman–Crippen MR) is 90.6 cm³/mol. The van der Waals surface area contributed by atoms with Crippen molar-refractivity contribution in [2.24, 2.45) is 5.92 Å². The van der Waals surface area contributed by atoms with Crippen molar-refractivity contribution in [3.63, 3.8) is 0 Å². The highest BCUT2D eigenvalue weighted by Gasteiger charge is 2.32. The molecule has 0 aromatic carbocycles. The molecule has 1 N–H and O–H groups in total. The number of hydrogen-bond donors (Lipinski definition) is 1. The van der Waals surface area contributed by atoms with Gasteiger partial charge in [0.05, 0.1) is 5.56 Å². The molecule has 0 saturated carbocycles. The lowest BCUT2D eigenvalue weighted by molar-refractivity contribution is -0.124. The molecule has 1 saturated heterocycles. The van der Waals surface area contributed by atoms with Gasteiger partial charge in [-0.3, -0.25) is 4.79 Å². The minimum Gasteiger partial charge on any atom is -0.353 e. The highest BCUT2D eigenvalue weighted by atomic mass is 16.5. The van der Waals surface area contributed by atoms with Crippen LogP contribution in [0.15, 0.2) is 22.9 Å². The van der Waals surface area contributed by atoms with E-state index in [1.807, 2.05) is 39.8 Å². The third kappa shape index (κ3) is 3.11. The molecule has 2 aromatic rings. The second-order valence-electron chi connectivity index (χ2n) is 6.69. The Labute approximate surface area is 141 Å². The molecule has 7 heteroatoms. The van der Waals surface area contributed by atoms with Crippen molar-refractivity contribution < 1.29 is 9.32 Å². The predicted octanol–water partition coefficient (Wildman–Crippen LogP) is 2.22. The third-order valence-electron chi connectivity index (χ3n) is 4.14. The maximum atomic E-state index is 12.2. The molecule has 1 atom stereocenters. The molecule has 1 fully saturated rings. The van der Waals surface area contributed by atoms with E-state index in [0.29, 0.717) is 18.3 Å². The molecule has 2 aromatic heterocycles. The molecule has 0 radical (unpaired) electrons. The molecule has 1 aliphatic rings. The number of aromatic nitrogens is 3. The van der Waals surface area contributed by atoms with Crippen LogP contribution in [0.4, 0.5) is 5.82 Å². The van der Waals surface area contributed by atoms with Crippen molar-refractivity contribution >= 4 is 11.7 Å². The molecule has 1 amide bonds. The van der Waals surface area contributed by atoms with E-state index < -0.39 is 0 Å². The summed E-state index contributed by atoms with van der Waals surface area (Å²) in [6, 6.07) is 3.61. The Balaban J connectivity index is 1.84. The fourth-order valence-corrected chi connectivity index (χ4v) is 2.87. The molecular formula is C17H23N5O2. The van der Waals surface area contributed by atoms with E-state index in [9.17, 15) is 4.79 Å². The summed E-state index contributed by atoms with van der Waals surface area (Å²) in [5, 5.41) is 6.89. The van der Waals surface area contributed by atoms with E-state index in [4.69, 9.17) is 4.52 Å². The first-order valence-electron chi connectivity index (χ1n) is 8.31. The van der Waals surface area contributed by atoms with Crippen LogP contribution in [-0.2, 0) is 4.79 Å². The Morgan fingerprint density at radius 2 is 2.08 bits per heavy atom. The minimum atomic E-state index is -0.201. The number of anilines is 1. The zero-order valence-electron chi connectivity index (χ0n) is 14.5. The summed E-state index contributed by atoms with van der Waals surface area (Å²) in [6.07, 6.45) is 1.72. The summed E-state index contributed by atoms with van der Waals surface area (Å²) in [6.45, 7) is 9.50. The second-order valence-corrected chi connectivity index (χ2v) is 6.69. The van der Waals surface area contributed by atoms with E-state index in [-0.39, 0.29) is 23.8 Å². The maximum absolute atomic E-state index is 12.2. The lowest BCUT2D eigenvalue weighted by atomic mass is 9.99. The molecule has 128 valence electrons. The molecule has 3 heterocycles. The van der Waals surface area contributed by atoms with E-state index in [2.05, 4.69) is 25.3 Å². The SMILES string of the molecule is CC(C)c1noc(-c2ccc(N3CCNC(=O)C3C(C)C)nc2)n1. The largest absolute Gasteiger partial charge is 0.353 e. The topological polar surface area (TPSA) is 84.2 Å². The summed E-state index contributed by atoms with van der Waals surface area (Å²) in [5.74, 6) is 2.41. The van der Waals surface area contributed by atoms with Gasteiger partial charge in [0, 0.05) is 25.2 Å². The Kier molecular flexibility index (Phi) is 4.51. The Bertz CT molecular complexity index is 708. The highest BCUT2D eigenvalue weighted by Crippen LogP contribution is 2.24. The number of carbonyl (C=O) groups is 1. The van der Waals surface area contributed by atoms with Gasteiger partial charge in [0.2, 0.25) is 5.91 Å². The second kappa shape index (κ2) is 6.59. The molecule has 1 unspecified atom stereocenters. The summed E-state index contributed by atoms with van der Waals surface area (Å²) in [7, 11) is 0. The first-order chi connectivity index (χ1) is 11.5. The van der Waals surface area contributed by atoms with Crippen molar-refractivity contribution in [3.05, 3.63) is 24.2 Å². The van der Waals surface area contributed by atoms with Gasteiger partial charge in [0.1, 0.15) is 11.9 Å². The molecule has 0 aliphatic carbocycles. The first kappa shape index (κ1) is 16.4. The van der Waals surface area contributed by atoms with Gasteiger partial charge in [-0.1, -0.05) is 32.9 Å². The van der Waals surface area contributed by atoms with Gasteiger partial charge in [-0.15, -0.1) is 0 Å². The van der Waals surface area contributed by atoms with Gasteiger partial charge >= 0.3 is 0 Å². The van der Waals surface area contributed by atoms with Crippen molar-refractivity contribution in [1.29, 1.82) is 0 Å². The molecule has 7 nitrogen and oxygen atoms in total. The van der Waals surface area contributed by atoms with E-state index in [1.165, 1.54) is 0 Å². The number of amides is 1. The van der Waals surface area contributed by atoms with Crippen LogP contribution in [0.2, 0.25) is 0 Å². The van der Waals surface area contributed by atoms with Gasteiger partial charge in [-0.05, 0) is 18.1 Å². The average molecular weight is 329 g/mol. The maximum Gasteiger partial charge on any atom is 0.259 e. The molecule has 1 aliphatic heterocycles. The quantitative estimate of drug-likeness (QED) is 0.926. The molecule has 0 bridgehead atoms. The summed E-state index contributed by atoms with van der Waals surface area (Å²) in [5.41, 5.74) is 0.778. The van der Waals surface area contributed by atoms with Crippen molar-refractivity contribution in [2.75, 3.05) is 18.0 Å². The summed E-state index contributed by atoms with van der Waals surface area (Å²) in [4.78, 5) is 23.1. The van der Waals surface area contributed by atoms with Crippen LogP contribution in [0, 0.1) is 5.92 Å². The molecule has 0 spiro atoms. The summed E-state index contributed by atoms with van der Waals surface area (Å²) < 4.78 is 5.29. The van der Waals surface area contributed by atoms with Crippen molar-refractivity contribution in [1.82, 2.24) is 20.4 Å². The van der Waals surface area contributed by atoms with E-state index in [0.717, 1.165) is 17.9 Å². The fraction of sp³-hybridized carbons (Fsp3) is 0.529. The Hall–Kier alpha value is -2.44. The zero-order valence-corrected chi connectivity index (χ0v) is 14.5. The number of rotatable bonds is 4. The fourth-order valence-electron chi connectivity index (χ4n) is 2.87. The standard InChI is InChI=1S/C17H23N5O2/c1-10(2)14-16(23)18-7-8-22(14)13-6-5-12(9-19-13)17-20-15(11(3)4)21-24-17/h5-6,9-11,14H,7-8H2,1-4H3,(H,18,23). The van der Waals surface area contributed by atoms with Gasteiger partial charge in [-0.25, -0.2) is 4.98 Å². The van der Waals surface area contributed by atoms with Crippen LogP contribution >= 0.6 is 0 Å². The van der Waals surface area contributed by atoms with Gasteiger partial charge in [0.15, 0.2) is 5.82 Å². The number of pyridine rings is 1. The van der Waals surface area contributed by atoms with Crippen LogP contribution in [0.1, 0.15) is 39.4 Å². The smallest absolute Gasteiger partial charge is 0.259 e. The van der Waals surface area contributed by atoms with E-state index in [1.54, 1.807) is 6.20 Å². The van der Waals surface area contributed by atoms with Crippen LogP contribution in [0.25, 0.3) is 11.5 Å². The molecular weight excluding hydrogens is 306 g/mol. The lowest BCUT2D eigenvalue weighted by Crippen LogP contribution is -2.57. The van der Waals surface area contributed by atoms with Crippen LogP contribution in [0.5, 0.6) is 0 Å². The number of nitrogens with one attached hydrogen (secondary N) is 1. The van der Waals surface area contributed by atoms with Gasteiger partial charge in [-0.2, -0.15) is 4.98 Å². The molecule has 24 heavy (non-hydrogen) atoms. The number of piperazine rings is 1. The summed E-state index contributed by atoms with van der Waals surface area (Å²) >= 11 is 0. The van der Waals surface area contributed by atoms with Crippen LogP contribution in [-0.4, -0.2) is 40.2 Å². The highest BCUT2D eigenvalue weighted by molar-refractivity contribution is 5.86. The minimum absolute atomic E-state index is 0.0561. The third-order valence-corrected chi connectivity index (χ3v) is 4.14. The number of hydrogen-bond acceptors (Lipinski definition) is 6. The normalized spacial score (nSPS) is 18.3. The first-order valence-corrected chi connectivity index (χ1v) is 8.31. The van der Waals surface area contributed by atoms with Crippen molar-refractivity contribution in [3.8, 4) is 11.5 Å². The van der Waals surface area contributed by atoms with Crippen molar-refractivity contribution in [2.45, 2.75) is 39.7 Å². The zero-order chi connectivity index (χ0) is 17.3. The Morgan fingerprint density at radius 3 is 2.67 bits per heavy atom. The monoisotopic (exact) mass is 329 g/mol. The van der Waals surface area contributed by atoms with Crippen LogP contribution in [0.3, 0.4) is 0 Å². The lowest BCUT2D eigenvalue weighted by Gasteiger charge is -2.38. The van der Waals surface area contributed by atoms with E-state index >= 15 is 0 Å². The average Bonchev–Trinajstić information content (AvgIpc) is 3.04. The number of carbonyl (C=O) groups excluding carboxylic acids is 1. The van der Waals surface area contributed by atoms with Crippen LogP contribution < -0.4 is 10.2 Å². The van der Waals surface area contributed by atoms with Gasteiger partial charge in [0.25, 0.3) is 5.89 Å². The Morgan fingerprint density at radius 1 is 1.29 bits per heavy atom.